The SMILES string of the molecule is COc1cc(OC)c(CN(C)C[C@H]2CC(=O)N(C(C)(C)C)C2)cc1Cl. The van der Waals surface area contributed by atoms with Gasteiger partial charge in [-0.25, -0.2) is 0 Å². The third-order valence-electron chi connectivity index (χ3n) is 4.58. The molecule has 0 spiro atoms. The van der Waals surface area contributed by atoms with Crippen LogP contribution in [0, 0.1) is 5.92 Å². The van der Waals surface area contributed by atoms with E-state index in [0.717, 1.165) is 24.4 Å². The van der Waals surface area contributed by atoms with Crippen LogP contribution in [0.15, 0.2) is 12.1 Å². The van der Waals surface area contributed by atoms with Gasteiger partial charge in [-0.05, 0) is 39.8 Å². The van der Waals surface area contributed by atoms with Crippen molar-refractivity contribution in [2.45, 2.75) is 39.3 Å². The smallest absolute Gasteiger partial charge is 0.223 e. The topological polar surface area (TPSA) is 42.0 Å². The van der Waals surface area contributed by atoms with Gasteiger partial charge in [-0.1, -0.05) is 11.6 Å². The third-order valence-corrected chi connectivity index (χ3v) is 4.88. The number of carbonyl (C=O) groups is 1. The van der Waals surface area contributed by atoms with Crippen LogP contribution < -0.4 is 9.47 Å². The van der Waals surface area contributed by atoms with Gasteiger partial charge < -0.3 is 19.3 Å². The first-order chi connectivity index (χ1) is 11.7. The fraction of sp³-hybridized carbons (Fsp3) is 0.632. The lowest BCUT2D eigenvalue weighted by atomic mass is 10.1. The molecule has 1 aromatic carbocycles. The second kappa shape index (κ2) is 7.83. The van der Waals surface area contributed by atoms with Crippen LogP contribution in [0.25, 0.3) is 0 Å². The van der Waals surface area contributed by atoms with Crippen molar-refractivity contribution < 1.29 is 14.3 Å². The molecule has 2 rings (SSSR count). The Kier molecular flexibility index (Phi) is 6.22. The molecule has 0 aliphatic carbocycles. The molecule has 1 amide bonds. The Labute approximate surface area is 155 Å². The van der Waals surface area contributed by atoms with E-state index < -0.39 is 0 Å². The lowest BCUT2D eigenvalue weighted by molar-refractivity contribution is -0.131. The van der Waals surface area contributed by atoms with Gasteiger partial charge in [0.1, 0.15) is 11.5 Å². The molecule has 0 bridgehead atoms. The maximum atomic E-state index is 12.2. The highest BCUT2D eigenvalue weighted by molar-refractivity contribution is 6.32. The predicted molar refractivity (Wildman–Crippen MR) is 100 cm³/mol. The van der Waals surface area contributed by atoms with Gasteiger partial charge in [0.25, 0.3) is 0 Å². The van der Waals surface area contributed by atoms with Gasteiger partial charge in [0.15, 0.2) is 0 Å². The number of halogens is 1. The van der Waals surface area contributed by atoms with Crippen molar-refractivity contribution in [3.8, 4) is 11.5 Å². The Morgan fingerprint density at radius 3 is 2.40 bits per heavy atom. The minimum Gasteiger partial charge on any atom is -0.496 e. The molecule has 140 valence electrons. The van der Waals surface area contributed by atoms with E-state index in [-0.39, 0.29) is 11.4 Å². The van der Waals surface area contributed by atoms with Gasteiger partial charge in [-0.15, -0.1) is 0 Å². The van der Waals surface area contributed by atoms with E-state index in [1.807, 2.05) is 17.0 Å². The number of hydrogen-bond donors (Lipinski definition) is 0. The molecule has 1 aliphatic heterocycles. The van der Waals surface area contributed by atoms with Crippen LogP contribution in [0.2, 0.25) is 5.02 Å². The standard InChI is InChI=1S/C19H29ClN2O3/c1-19(2,3)22-11-13(7-18(22)23)10-21(4)12-14-8-15(20)17(25-6)9-16(14)24-5/h8-9,13H,7,10-12H2,1-6H3/t13-/m1/s1. The van der Waals surface area contributed by atoms with E-state index in [1.54, 1.807) is 14.2 Å². The van der Waals surface area contributed by atoms with Gasteiger partial charge in [-0.3, -0.25) is 4.79 Å². The van der Waals surface area contributed by atoms with Crippen LogP contribution in [0.4, 0.5) is 0 Å². The highest BCUT2D eigenvalue weighted by Gasteiger charge is 2.36. The summed E-state index contributed by atoms with van der Waals surface area (Å²) in [6.07, 6.45) is 0.613. The number of benzene rings is 1. The maximum absolute atomic E-state index is 12.2. The summed E-state index contributed by atoms with van der Waals surface area (Å²) in [6, 6.07) is 3.70. The molecule has 1 fully saturated rings. The lowest BCUT2D eigenvalue weighted by Crippen LogP contribution is -2.42. The molecule has 25 heavy (non-hydrogen) atoms. The number of amides is 1. The average molecular weight is 369 g/mol. The van der Waals surface area contributed by atoms with Crippen LogP contribution in [0.3, 0.4) is 0 Å². The summed E-state index contributed by atoms with van der Waals surface area (Å²) in [5, 5.41) is 0.571. The van der Waals surface area contributed by atoms with Crippen molar-refractivity contribution in [2.24, 2.45) is 5.92 Å². The summed E-state index contributed by atoms with van der Waals surface area (Å²) in [5.74, 6) is 1.95. The Morgan fingerprint density at radius 1 is 1.24 bits per heavy atom. The quantitative estimate of drug-likeness (QED) is 0.771. The van der Waals surface area contributed by atoms with Crippen LogP contribution in [0.1, 0.15) is 32.8 Å². The minimum absolute atomic E-state index is 0.114. The van der Waals surface area contributed by atoms with Crippen LogP contribution in [0.5, 0.6) is 11.5 Å². The summed E-state index contributed by atoms with van der Waals surface area (Å²) < 4.78 is 10.7. The van der Waals surface area contributed by atoms with Crippen LogP contribution in [-0.4, -0.2) is 55.6 Å². The maximum Gasteiger partial charge on any atom is 0.223 e. The zero-order valence-electron chi connectivity index (χ0n) is 16.1. The van der Waals surface area contributed by atoms with E-state index in [9.17, 15) is 4.79 Å². The van der Waals surface area contributed by atoms with Gasteiger partial charge in [0.05, 0.1) is 19.2 Å². The van der Waals surface area contributed by atoms with Crippen LogP contribution >= 0.6 is 11.6 Å². The lowest BCUT2D eigenvalue weighted by Gasteiger charge is -2.32. The second-order valence-corrected chi connectivity index (χ2v) is 8.15. The molecule has 0 N–H and O–H groups in total. The van der Waals surface area contributed by atoms with Crippen molar-refractivity contribution in [2.75, 3.05) is 34.4 Å². The average Bonchev–Trinajstić information content (AvgIpc) is 2.88. The first-order valence-electron chi connectivity index (χ1n) is 8.55. The Balaban J connectivity index is 2.03. The van der Waals surface area contributed by atoms with E-state index in [4.69, 9.17) is 21.1 Å². The van der Waals surface area contributed by atoms with E-state index >= 15 is 0 Å². The molecule has 0 radical (unpaired) electrons. The molecule has 6 heteroatoms. The molecule has 1 saturated heterocycles. The molecule has 0 aromatic heterocycles. The molecule has 1 aromatic rings. The van der Waals surface area contributed by atoms with Crippen molar-refractivity contribution in [1.82, 2.24) is 9.80 Å². The summed E-state index contributed by atoms with van der Waals surface area (Å²) >= 11 is 6.25. The number of nitrogens with zero attached hydrogens (tertiary/aromatic N) is 2. The predicted octanol–water partition coefficient (Wildman–Crippen LogP) is 3.44. The number of likely N-dealkylation sites (tertiary alicyclic amines) is 1. The Hall–Kier alpha value is -1.46. The normalized spacial score (nSPS) is 18.2. The highest BCUT2D eigenvalue weighted by Crippen LogP contribution is 2.33. The van der Waals surface area contributed by atoms with Gasteiger partial charge in [-0.2, -0.15) is 0 Å². The number of carbonyl (C=O) groups excluding carboxylic acids is 1. The number of rotatable bonds is 6. The van der Waals surface area contributed by atoms with Gasteiger partial charge >= 0.3 is 0 Å². The van der Waals surface area contributed by atoms with E-state index in [0.29, 0.717) is 29.7 Å². The number of ether oxygens (including phenoxy) is 2. The number of hydrogen-bond acceptors (Lipinski definition) is 4. The molecule has 5 nitrogen and oxygen atoms in total. The molecular weight excluding hydrogens is 340 g/mol. The van der Waals surface area contributed by atoms with E-state index in [1.165, 1.54) is 0 Å². The summed E-state index contributed by atoms with van der Waals surface area (Å²) in [4.78, 5) is 16.4. The summed E-state index contributed by atoms with van der Waals surface area (Å²) in [5.41, 5.74) is 0.893. The minimum atomic E-state index is -0.114. The molecule has 0 unspecified atom stereocenters. The van der Waals surface area contributed by atoms with Crippen molar-refractivity contribution in [3.05, 3.63) is 22.7 Å². The molecule has 1 aliphatic rings. The summed E-state index contributed by atoms with van der Waals surface area (Å²) in [7, 11) is 5.29. The fourth-order valence-corrected chi connectivity index (χ4v) is 3.66. The monoisotopic (exact) mass is 368 g/mol. The summed E-state index contributed by atoms with van der Waals surface area (Å²) in [6.45, 7) is 8.62. The first-order valence-corrected chi connectivity index (χ1v) is 8.93. The third kappa shape index (κ3) is 4.79. The number of methoxy groups -OCH3 is 2. The Morgan fingerprint density at radius 2 is 1.88 bits per heavy atom. The van der Waals surface area contributed by atoms with Gasteiger partial charge in [0, 0.05) is 43.2 Å². The fourth-order valence-electron chi connectivity index (χ4n) is 3.39. The molecule has 0 saturated carbocycles. The highest BCUT2D eigenvalue weighted by atomic mass is 35.5. The largest absolute Gasteiger partial charge is 0.496 e. The van der Waals surface area contributed by atoms with Crippen molar-refractivity contribution in [1.29, 1.82) is 0 Å². The zero-order valence-corrected chi connectivity index (χ0v) is 16.8. The Bertz CT molecular complexity index is 628. The second-order valence-electron chi connectivity index (χ2n) is 7.74. The first kappa shape index (κ1) is 19.9. The molecule has 1 atom stereocenters. The zero-order chi connectivity index (χ0) is 18.8. The molecular formula is C19H29ClN2O3. The van der Waals surface area contributed by atoms with Crippen molar-refractivity contribution >= 4 is 17.5 Å². The van der Waals surface area contributed by atoms with Crippen LogP contribution in [-0.2, 0) is 11.3 Å². The van der Waals surface area contributed by atoms with E-state index in [2.05, 4.69) is 32.7 Å². The van der Waals surface area contributed by atoms with Crippen molar-refractivity contribution in [3.63, 3.8) is 0 Å². The van der Waals surface area contributed by atoms with Gasteiger partial charge in [0.2, 0.25) is 5.91 Å². The molecule has 1 heterocycles.